The van der Waals surface area contributed by atoms with E-state index in [0.29, 0.717) is 6.20 Å². The van der Waals surface area contributed by atoms with Gasteiger partial charge in [0.05, 0.1) is 11.1 Å². The maximum atomic E-state index is 12.3. The van der Waals surface area contributed by atoms with Crippen LogP contribution in [0.1, 0.15) is 11.1 Å². The molecule has 15 heavy (non-hydrogen) atoms. The lowest BCUT2D eigenvalue weighted by molar-refractivity contribution is -0.162. The summed E-state index contributed by atoms with van der Waals surface area (Å²) in [4.78, 5) is 3.06. The van der Waals surface area contributed by atoms with Crippen LogP contribution in [0.15, 0.2) is 16.9 Å². The van der Waals surface area contributed by atoms with Crippen LogP contribution < -0.4 is 0 Å². The zero-order chi connectivity index (χ0) is 11.9. The molecule has 0 saturated heterocycles. The number of hydrogen-bond donors (Lipinski definition) is 0. The second-order valence-corrected chi connectivity index (χ2v) is 3.39. The van der Waals surface area contributed by atoms with Crippen LogP contribution in [0.4, 0.5) is 26.3 Å². The predicted octanol–water partition coefficient (Wildman–Crippen LogP) is 3.88. The Bertz CT molecular complexity index is 369. The van der Waals surface area contributed by atoms with Gasteiger partial charge < -0.3 is 0 Å². The molecule has 0 unspecified atom stereocenters. The van der Waals surface area contributed by atoms with Gasteiger partial charge in [0.15, 0.2) is 0 Å². The fourth-order valence-corrected chi connectivity index (χ4v) is 1.49. The number of rotatable bonds is 0. The summed E-state index contributed by atoms with van der Waals surface area (Å²) in [5, 5.41) is 0. The molecule has 1 nitrogen and oxygen atoms in total. The Hall–Kier alpha value is -0.790. The summed E-state index contributed by atoms with van der Waals surface area (Å²) in [6, 6.07) is 0. The number of halogens is 7. The molecule has 0 spiro atoms. The third-order valence-electron chi connectivity index (χ3n) is 1.49. The maximum Gasteiger partial charge on any atom is 0.418 e. The van der Waals surface area contributed by atoms with Crippen molar-refractivity contribution in [2.75, 3.05) is 0 Å². The summed E-state index contributed by atoms with van der Waals surface area (Å²) in [5.74, 6) is 0. The first kappa shape index (κ1) is 12.3. The van der Waals surface area contributed by atoms with E-state index in [4.69, 9.17) is 0 Å². The first-order chi connectivity index (χ1) is 6.64. The van der Waals surface area contributed by atoms with Gasteiger partial charge in [0, 0.05) is 16.9 Å². The van der Waals surface area contributed by atoms with Crippen LogP contribution in [-0.4, -0.2) is 4.98 Å². The molecule has 1 aromatic rings. The van der Waals surface area contributed by atoms with Gasteiger partial charge in [0.1, 0.15) is 0 Å². The average Bonchev–Trinajstić information content (AvgIpc) is 1.99. The first-order valence-electron chi connectivity index (χ1n) is 3.42. The Labute approximate surface area is 88.2 Å². The Kier molecular flexibility index (Phi) is 2.99. The van der Waals surface area contributed by atoms with Gasteiger partial charge in [-0.3, -0.25) is 4.98 Å². The van der Waals surface area contributed by atoms with Gasteiger partial charge in [-0.15, -0.1) is 0 Å². The van der Waals surface area contributed by atoms with E-state index in [0.717, 1.165) is 0 Å². The highest BCUT2D eigenvalue weighted by molar-refractivity contribution is 9.10. The zero-order valence-electron chi connectivity index (χ0n) is 6.75. The van der Waals surface area contributed by atoms with Gasteiger partial charge in [-0.2, -0.15) is 26.3 Å². The van der Waals surface area contributed by atoms with Crippen molar-refractivity contribution >= 4 is 15.9 Å². The van der Waals surface area contributed by atoms with Crippen LogP contribution in [0, 0.1) is 0 Å². The minimum absolute atomic E-state index is 0.146. The number of hydrogen-bond acceptors (Lipinski definition) is 1. The fraction of sp³-hybridized carbons (Fsp3) is 0.286. The van der Waals surface area contributed by atoms with E-state index in [1.54, 1.807) is 0 Å². The van der Waals surface area contributed by atoms with Gasteiger partial charge >= 0.3 is 12.4 Å². The smallest absolute Gasteiger partial charge is 0.263 e. The Balaban J connectivity index is 3.48. The lowest BCUT2D eigenvalue weighted by Crippen LogP contribution is -2.17. The highest BCUT2D eigenvalue weighted by Gasteiger charge is 2.44. The molecule has 1 aromatic heterocycles. The van der Waals surface area contributed by atoms with Crippen LogP contribution in [0.5, 0.6) is 0 Å². The van der Waals surface area contributed by atoms with Crippen LogP contribution in [0.2, 0.25) is 0 Å². The molecule has 0 radical (unpaired) electrons. The molecule has 8 heteroatoms. The fourth-order valence-electron chi connectivity index (χ4n) is 0.938. The maximum absolute atomic E-state index is 12.3. The minimum atomic E-state index is -5.08. The van der Waals surface area contributed by atoms with Gasteiger partial charge in [0.2, 0.25) is 0 Å². The van der Waals surface area contributed by atoms with Crippen molar-refractivity contribution in [1.82, 2.24) is 4.98 Å². The molecule has 0 aliphatic rings. The quantitative estimate of drug-likeness (QED) is 0.662. The molecular weight excluding hydrogens is 292 g/mol. The van der Waals surface area contributed by atoms with Crippen molar-refractivity contribution in [2.45, 2.75) is 12.4 Å². The second kappa shape index (κ2) is 3.66. The molecule has 0 aliphatic carbocycles. The number of aromatic nitrogens is 1. The molecule has 0 saturated carbocycles. The first-order valence-corrected chi connectivity index (χ1v) is 4.21. The van der Waals surface area contributed by atoms with E-state index in [-0.39, 0.29) is 6.20 Å². The monoisotopic (exact) mass is 293 g/mol. The number of alkyl halides is 6. The summed E-state index contributed by atoms with van der Waals surface area (Å²) < 4.78 is 72.7. The van der Waals surface area contributed by atoms with E-state index in [1.807, 2.05) is 0 Å². The van der Waals surface area contributed by atoms with E-state index >= 15 is 0 Å². The highest BCUT2D eigenvalue weighted by Crippen LogP contribution is 2.42. The van der Waals surface area contributed by atoms with Crippen LogP contribution >= 0.6 is 15.9 Å². The van der Waals surface area contributed by atoms with Gasteiger partial charge in [-0.05, 0) is 15.9 Å². The van der Waals surface area contributed by atoms with Crippen molar-refractivity contribution < 1.29 is 26.3 Å². The molecular formula is C7H2BrF6N. The van der Waals surface area contributed by atoms with E-state index < -0.39 is 28.0 Å². The van der Waals surface area contributed by atoms with Crippen molar-refractivity contribution in [3.05, 3.63) is 28.0 Å². The molecule has 1 heterocycles. The highest BCUT2D eigenvalue weighted by atomic mass is 79.9. The zero-order valence-corrected chi connectivity index (χ0v) is 8.33. The summed E-state index contributed by atoms with van der Waals surface area (Å²) in [6.45, 7) is 0. The molecule has 1 rings (SSSR count). The normalized spacial score (nSPS) is 13.0. The molecule has 0 atom stereocenters. The third kappa shape index (κ3) is 2.61. The van der Waals surface area contributed by atoms with Crippen molar-refractivity contribution in [3.63, 3.8) is 0 Å². The number of nitrogens with zero attached hydrogens (tertiary/aromatic N) is 1. The van der Waals surface area contributed by atoms with E-state index in [9.17, 15) is 26.3 Å². The van der Waals surface area contributed by atoms with Crippen LogP contribution in [-0.2, 0) is 12.4 Å². The van der Waals surface area contributed by atoms with Crippen molar-refractivity contribution in [1.29, 1.82) is 0 Å². The second-order valence-electron chi connectivity index (χ2n) is 2.54. The van der Waals surface area contributed by atoms with Crippen molar-refractivity contribution in [2.24, 2.45) is 0 Å². The topological polar surface area (TPSA) is 12.9 Å². The summed E-state index contributed by atoms with van der Waals surface area (Å²) in [7, 11) is 0. The SMILES string of the molecule is FC(F)(F)c1cncc(Br)c1C(F)(F)F. The van der Waals surface area contributed by atoms with E-state index in [2.05, 4.69) is 20.9 Å². The summed E-state index contributed by atoms with van der Waals surface area (Å²) in [5.41, 5.74) is -3.56. The molecule has 0 fully saturated rings. The lowest BCUT2D eigenvalue weighted by atomic mass is 10.1. The predicted molar refractivity (Wildman–Crippen MR) is 41.9 cm³/mol. The third-order valence-corrected chi connectivity index (χ3v) is 2.09. The summed E-state index contributed by atoms with van der Waals surface area (Å²) >= 11 is 2.39. The molecule has 0 aromatic carbocycles. The largest absolute Gasteiger partial charge is 0.418 e. The lowest BCUT2D eigenvalue weighted by Gasteiger charge is -2.15. The molecule has 0 bridgehead atoms. The van der Waals surface area contributed by atoms with Crippen LogP contribution in [0.25, 0.3) is 0 Å². The van der Waals surface area contributed by atoms with Gasteiger partial charge in [-0.1, -0.05) is 0 Å². The molecule has 84 valence electrons. The van der Waals surface area contributed by atoms with E-state index in [1.165, 1.54) is 0 Å². The minimum Gasteiger partial charge on any atom is -0.263 e. The number of pyridine rings is 1. The molecule has 0 amide bonds. The molecule has 0 N–H and O–H groups in total. The Morgan fingerprint density at radius 1 is 0.933 bits per heavy atom. The van der Waals surface area contributed by atoms with Crippen LogP contribution in [0.3, 0.4) is 0 Å². The molecule has 0 aliphatic heterocycles. The standard InChI is InChI=1S/C7H2BrF6N/c8-4-2-15-1-3(6(9,10)11)5(4)7(12,13)14/h1-2H. The summed E-state index contributed by atoms with van der Waals surface area (Å²) in [6.07, 6.45) is -9.35. The Morgan fingerprint density at radius 2 is 1.47 bits per heavy atom. The Morgan fingerprint density at radius 3 is 1.80 bits per heavy atom. The van der Waals surface area contributed by atoms with Crippen molar-refractivity contribution in [3.8, 4) is 0 Å². The van der Waals surface area contributed by atoms with Gasteiger partial charge in [0.25, 0.3) is 0 Å². The average molecular weight is 294 g/mol. The van der Waals surface area contributed by atoms with Gasteiger partial charge in [-0.25, -0.2) is 0 Å².